The minimum absolute atomic E-state index is 0.0366. The highest BCUT2D eigenvalue weighted by Gasteiger charge is 2.32. The number of carboxylic acids is 1. The van der Waals surface area contributed by atoms with Crippen molar-refractivity contribution in [3.8, 4) is 0 Å². The zero-order chi connectivity index (χ0) is 16.1. The molecule has 5 heteroatoms. The molecule has 1 atom stereocenters. The van der Waals surface area contributed by atoms with Gasteiger partial charge < -0.3 is 10.0 Å². The van der Waals surface area contributed by atoms with Gasteiger partial charge >= 0.3 is 5.97 Å². The smallest absolute Gasteiger partial charge is 0.312 e. The monoisotopic (exact) mass is 321 g/mol. The number of benzene rings is 1. The highest BCUT2D eigenvalue weighted by molar-refractivity contribution is 7.99. The summed E-state index contributed by atoms with van der Waals surface area (Å²) in [6.07, 6.45) is 1.10. The molecule has 1 aliphatic rings. The van der Waals surface area contributed by atoms with Crippen LogP contribution >= 0.6 is 11.8 Å². The van der Waals surface area contributed by atoms with Crippen molar-refractivity contribution in [2.45, 2.75) is 32.7 Å². The molecule has 0 fully saturated rings. The number of fused-ring (bicyclic) bond motifs is 1. The van der Waals surface area contributed by atoms with Crippen molar-refractivity contribution >= 4 is 23.6 Å². The summed E-state index contributed by atoms with van der Waals surface area (Å²) in [7, 11) is 0. The van der Waals surface area contributed by atoms with Gasteiger partial charge in [0.25, 0.3) is 0 Å². The van der Waals surface area contributed by atoms with E-state index in [9.17, 15) is 14.7 Å². The third-order valence-electron chi connectivity index (χ3n) is 3.91. The van der Waals surface area contributed by atoms with Crippen LogP contribution < -0.4 is 0 Å². The van der Waals surface area contributed by atoms with Crippen LogP contribution in [0, 0.1) is 5.92 Å². The van der Waals surface area contributed by atoms with E-state index < -0.39 is 11.9 Å². The zero-order valence-corrected chi connectivity index (χ0v) is 13.9. The Kier molecular flexibility index (Phi) is 5.89. The van der Waals surface area contributed by atoms with E-state index in [2.05, 4.69) is 13.8 Å². The molecule has 1 amide bonds. The Morgan fingerprint density at radius 2 is 2.09 bits per heavy atom. The van der Waals surface area contributed by atoms with E-state index in [-0.39, 0.29) is 12.5 Å². The number of carboxylic acid groups (broad SMARTS) is 1. The number of amides is 1. The van der Waals surface area contributed by atoms with Crippen molar-refractivity contribution in [3.63, 3.8) is 0 Å². The molecule has 22 heavy (non-hydrogen) atoms. The second-order valence-electron chi connectivity index (χ2n) is 6.10. The maximum atomic E-state index is 12.3. The maximum Gasteiger partial charge on any atom is 0.312 e. The summed E-state index contributed by atoms with van der Waals surface area (Å²) in [5.41, 5.74) is 1.79. The highest BCUT2D eigenvalue weighted by Crippen LogP contribution is 2.28. The number of carbonyl (C=O) groups is 2. The predicted octanol–water partition coefficient (Wildman–Crippen LogP) is 2.98. The highest BCUT2D eigenvalue weighted by atomic mass is 32.2. The molecule has 4 nitrogen and oxygen atoms in total. The Morgan fingerprint density at radius 3 is 2.77 bits per heavy atom. The number of hydrogen-bond donors (Lipinski definition) is 1. The van der Waals surface area contributed by atoms with Gasteiger partial charge in [0.1, 0.15) is 0 Å². The van der Waals surface area contributed by atoms with Gasteiger partial charge in [0, 0.05) is 13.1 Å². The maximum absolute atomic E-state index is 12.3. The fraction of sp³-hybridized carbons (Fsp3) is 0.529. The van der Waals surface area contributed by atoms with E-state index in [1.54, 1.807) is 16.7 Å². The number of rotatable bonds is 6. The number of aliphatic carboxylic acids is 1. The minimum atomic E-state index is -0.864. The Labute approximate surface area is 135 Å². The molecule has 1 N–H and O–H groups in total. The molecular weight excluding hydrogens is 298 g/mol. The molecule has 0 bridgehead atoms. The van der Waals surface area contributed by atoms with E-state index in [0.717, 1.165) is 23.3 Å². The first-order valence-corrected chi connectivity index (χ1v) is 8.80. The molecular formula is C17H23NO3S. The van der Waals surface area contributed by atoms with Crippen molar-refractivity contribution in [1.29, 1.82) is 0 Å². The van der Waals surface area contributed by atoms with E-state index in [0.29, 0.717) is 18.2 Å². The van der Waals surface area contributed by atoms with Crippen LogP contribution in [0.5, 0.6) is 0 Å². The summed E-state index contributed by atoms with van der Waals surface area (Å²) in [6, 6.07) is 7.51. The second-order valence-corrected chi connectivity index (χ2v) is 7.20. The molecule has 1 aliphatic heterocycles. The van der Waals surface area contributed by atoms with E-state index in [4.69, 9.17) is 0 Å². The topological polar surface area (TPSA) is 57.6 Å². The number of carbonyl (C=O) groups excluding carboxylic acids is 1. The predicted molar refractivity (Wildman–Crippen MR) is 89.0 cm³/mol. The zero-order valence-electron chi connectivity index (χ0n) is 13.1. The molecule has 1 aromatic rings. The SMILES string of the molecule is CC(C)CCSCC(=O)N1Cc2ccccc2C(C(=O)O)C1. The van der Waals surface area contributed by atoms with Crippen molar-refractivity contribution in [2.24, 2.45) is 5.92 Å². The second kappa shape index (κ2) is 7.68. The van der Waals surface area contributed by atoms with Gasteiger partial charge in [0.05, 0.1) is 11.7 Å². The third kappa shape index (κ3) is 4.26. The largest absolute Gasteiger partial charge is 0.481 e. The van der Waals surface area contributed by atoms with E-state index in [1.165, 1.54) is 0 Å². The Morgan fingerprint density at radius 1 is 1.36 bits per heavy atom. The average molecular weight is 321 g/mol. The fourth-order valence-corrected chi connectivity index (χ4v) is 3.72. The van der Waals surface area contributed by atoms with Gasteiger partial charge in [-0.1, -0.05) is 38.1 Å². The van der Waals surface area contributed by atoms with Gasteiger partial charge in [-0.3, -0.25) is 9.59 Å². The van der Waals surface area contributed by atoms with Crippen LogP contribution in [0.1, 0.15) is 37.3 Å². The first-order valence-electron chi connectivity index (χ1n) is 7.65. The minimum Gasteiger partial charge on any atom is -0.481 e. The number of thioether (sulfide) groups is 1. The summed E-state index contributed by atoms with van der Waals surface area (Å²) < 4.78 is 0. The first-order chi connectivity index (χ1) is 10.5. The van der Waals surface area contributed by atoms with Gasteiger partial charge in [0.2, 0.25) is 5.91 Å². The van der Waals surface area contributed by atoms with Gasteiger partial charge in [-0.15, -0.1) is 0 Å². The molecule has 120 valence electrons. The molecule has 0 radical (unpaired) electrons. The third-order valence-corrected chi connectivity index (χ3v) is 4.89. The van der Waals surface area contributed by atoms with Crippen molar-refractivity contribution in [1.82, 2.24) is 4.90 Å². The summed E-state index contributed by atoms with van der Waals surface area (Å²) in [5, 5.41) is 9.42. The van der Waals surface area contributed by atoms with Crippen LogP contribution in [-0.2, 0) is 16.1 Å². The molecule has 0 aliphatic carbocycles. The number of nitrogens with zero attached hydrogens (tertiary/aromatic N) is 1. The average Bonchev–Trinajstić information content (AvgIpc) is 2.49. The Balaban J connectivity index is 1.98. The lowest BCUT2D eigenvalue weighted by Gasteiger charge is -2.32. The molecule has 1 aromatic carbocycles. The van der Waals surface area contributed by atoms with Crippen LogP contribution in [0.25, 0.3) is 0 Å². The van der Waals surface area contributed by atoms with Crippen LogP contribution in [0.2, 0.25) is 0 Å². The van der Waals surface area contributed by atoms with Gasteiger partial charge in [-0.2, -0.15) is 11.8 Å². The van der Waals surface area contributed by atoms with Crippen molar-refractivity contribution in [3.05, 3.63) is 35.4 Å². The van der Waals surface area contributed by atoms with Crippen LogP contribution in [0.4, 0.5) is 0 Å². The molecule has 0 spiro atoms. The number of hydrogen-bond acceptors (Lipinski definition) is 3. The van der Waals surface area contributed by atoms with Crippen LogP contribution in [0.3, 0.4) is 0 Å². The Bertz CT molecular complexity index is 544. The summed E-state index contributed by atoms with van der Waals surface area (Å²) in [4.78, 5) is 25.5. The lowest BCUT2D eigenvalue weighted by atomic mass is 9.90. The lowest BCUT2D eigenvalue weighted by molar-refractivity contribution is -0.140. The molecule has 1 unspecified atom stereocenters. The van der Waals surface area contributed by atoms with Gasteiger partial charge in [0.15, 0.2) is 0 Å². The van der Waals surface area contributed by atoms with Gasteiger partial charge in [-0.25, -0.2) is 0 Å². The normalized spacial score (nSPS) is 17.4. The fourth-order valence-electron chi connectivity index (χ4n) is 2.58. The molecule has 0 aromatic heterocycles. The van der Waals surface area contributed by atoms with Crippen LogP contribution in [0.15, 0.2) is 24.3 Å². The molecule has 0 saturated heterocycles. The standard InChI is InChI=1S/C17H23NO3S/c1-12(2)7-8-22-11-16(19)18-9-13-5-3-4-6-14(13)15(10-18)17(20)21/h3-6,12,15H,7-11H2,1-2H3,(H,20,21). The van der Waals surface area contributed by atoms with Crippen molar-refractivity contribution < 1.29 is 14.7 Å². The quantitative estimate of drug-likeness (QED) is 0.818. The van der Waals surface area contributed by atoms with Crippen molar-refractivity contribution in [2.75, 3.05) is 18.1 Å². The van der Waals surface area contributed by atoms with Gasteiger partial charge in [-0.05, 0) is 29.2 Å². The lowest BCUT2D eigenvalue weighted by Crippen LogP contribution is -2.41. The summed E-state index contributed by atoms with van der Waals surface area (Å²) in [6.45, 7) is 5.13. The summed E-state index contributed by atoms with van der Waals surface area (Å²) >= 11 is 1.64. The van der Waals surface area contributed by atoms with E-state index in [1.807, 2.05) is 24.3 Å². The van der Waals surface area contributed by atoms with E-state index >= 15 is 0 Å². The molecule has 2 rings (SSSR count). The van der Waals surface area contributed by atoms with Crippen LogP contribution in [-0.4, -0.2) is 39.9 Å². The molecule has 1 heterocycles. The summed E-state index contributed by atoms with van der Waals surface area (Å²) in [5.74, 6) is 0.597. The first kappa shape index (κ1) is 16.9. The molecule has 0 saturated carbocycles. The Hall–Kier alpha value is -1.49.